The lowest BCUT2D eigenvalue weighted by Gasteiger charge is -2.29. The van der Waals surface area contributed by atoms with Crippen LogP contribution in [0.2, 0.25) is 0 Å². The second-order valence-electron chi connectivity index (χ2n) is 6.47. The summed E-state index contributed by atoms with van der Waals surface area (Å²) in [6.07, 6.45) is 5.41. The molecular formula is C21H21N3S. The first-order chi connectivity index (χ1) is 12.2. The van der Waals surface area contributed by atoms with Crippen LogP contribution < -0.4 is 5.32 Å². The molecule has 0 aliphatic carbocycles. The third kappa shape index (κ3) is 3.30. The van der Waals surface area contributed by atoms with E-state index in [2.05, 4.69) is 82.9 Å². The van der Waals surface area contributed by atoms with Gasteiger partial charge in [0.15, 0.2) is 5.11 Å². The number of aromatic nitrogens is 1. The minimum atomic E-state index is 0.790. The summed E-state index contributed by atoms with van der Waals surface area (Å²) in [4.78, 5) is 5.58. The Kier molecular flexibility index (Phi) is 4.28. The number of hydrogen-bond acceptors (Lipinski definition) is 1. The first-order valence-corrected chi connectivity index (χ1v) is 8.99. The van der Waals surface area contributed by atoms with E-state index in [4.69, 9.17) is 12.2 Å². The molecule has 3 aromatic rings. The Labute approximate surface area is 153 Å². The highest BCUT2D eigenvalue weighted by molar-refractivity contribution is 7.80. The Morgan fingerprint density at radius 3 is 2.68 bits per heavy atom. The number of benzene rings is 2. The van der Waals surface area contributed by atoms with Gasteiger partial charge in [-0.25, -0.2) is 0 Å². The molecular weight excluding hydrogens is 326 g/mol. The van der Waals surface area contributed by atoms with Crippen molar-refractivity contribution in [2.24, 2.45) is 0 Å². The van der Waals surface area contributed by atoms with E-state index >= 15 is 0 Å². The zero-order valence-electron chi connectivity index (χ0n) is 14.3. The summed E-state index contributed by atoms with van der Waals surface area (Å²) < 4.78 is 0. The minimum absolute atomic E-state index is 0.790. The van der Waals surface area contributed by atoms with E-state index in [0.29, 0.717) is 0 Å². The summed E-state index contributed by atoms with van der Waals surface area (Å²) in [5.41, 5.74) is 6.19. The van der Waals surface area contributed by atoms with Gasteiger partial charge in [0, 0.05) is 41.4 Å². The average Bonchev–Trinajstić information content (AvgIpc) is 3.08. The van der Waals surface area contributed by atoms with Gasteiger partial charge in [0.2, 0.25) is 0 Å². The molecule has 0 atom stereocenters. The maximum atomic E-state index is 5.58. The van der Waals surface area contributed by atoms with Gasteiger partial charge in [-0.1, -0.05) is 42.0 Å². The molecule has 2 heterocycles. The van der Waals surface area contributed by atoms with Gasteiger partial charge in [-0.05, 0) is 49.3 Å². The Bertz CT molecular complexity index is 937. The molecule has 0 amide bonds. The fourth-order valence-corrected chi connectivity index (χ4v) is 3.56. The molecule has 3 nitrogen and oxygen atoms in total. The van der Waals surface area contributed by atoms with E-state index in [9.17, 15) is 0 Å². The number of aromatic amines is 1. The van der Waals surface area contributed by atoms with Crippen LogP contribution in [0.5, 0.6) is 0 Å². The van der Waals surface area contributed by atoms with Gasteiger partial charge >= 0.3 is 0 Å². The predicted molar refractivity (Wildman–Crippen MR) is 110 cm³/mol. The van der Waals surface area contributed by atoms with Crippen LogP contribution in [0.25, 0.3) is 16.5 Å². The van der Waals surface area contributed by atoms with Gasteiger partial charge in [-0.3, -0.25) is 0 Å². The first-order valence-electron chi connectivity index (χ1n) is 8.59. The summed E-state index contributed by atoms with van der Waals surface area (Å²) in [7, 11) is 0. The number of nitrogens with zero attached hydrogens (tertiary/aromatic N) is 1. The van der Waals surface area contributed by atoms with E-state index < -0.39 is 0 Å². The van der Waals surface area contributed by atoms with Crippen LogP contribution in [0, 0.1) is 6.92 Å². The number of rotatable bonds is 2. The molecule has 2 N–H and O–H groups in total. The summed E-state index contributed by atoms with van der Waals surface area (Å²) in [6, 6.07) is 16.8. The van der Waals surface area contributed by atoms with Crippen molar-refractivity contribution in [2.45, 2.75) is 13.3 Å². The van der Waals surface area contributed by atoms with Crippen molar-refractivity contribution in [1.29, 1.82) is 0 Å². The van der Waals surface area contributed by atoms with Crippen molar-refractivity contribution < 1.29 is 0 Å². The van der Waals surface area contributed by atoms with E-state index in [1.54, 1.807) is 0 Å². The number of nitrogens with one attached hydrogen (secondary N) is 2. The van der Waals surface area contributed by atoms with Gasteiger partial charge < -0.3 is 15.2 Å². The van der Waals surface area contributed by atoms with Crippen molar-refractivity contribution in [2.75, 3.05) is 18.4 Å². The number of para-hydroxylation sites is 1. The highest BCUT2D eigenvalue weighted by Crippen LogP contribution is 2.29. The molecule has 1 aromatic heterocycles. The Hall–Kier alpha value is -2.59. The standard InChI is InChI=1S/C21H21N3S/c1-15-6-8-17(9-7-15)23-21(25)24-12-10-16(11-13-24)19-14-22-20-5-3-2-4-18(19)20/h2-10,14,22H,11-13H2,1H3,(H,23,25). The lowest BCUT2D eigenvalue weighted by molar-refractivity contribution is 0.466. The zero-order chi connectivity index (χ0) is 17.2. The molecule has 4 rings (SSSR count). The summed E-state index contributed by atoms with van der Waals surface area (Å²) in [5, 5.41) is 5.42. The SMILES string of the molecule is Cc1ccc(NC(=S)N2CC=C(c3c[nH]c4ccccc34)CC2)cc1. The first kappa shape index (κ1) is 15.9. The van der Waals surface area contributed by atoms with Crippen molar-refractivity contribution in [3.05, 3.63) is 71.9 Å². The highest BCUT2D eigenvalue weighted by Gasteiger charge is 2.17. The average molecular weight is 347 g/mol. The summed E-state index contributed by atoms with van der Waals surface area (Å²) in [6.45, 7) is 3.86. The van der Waals surface area contributed by atoms with Gasteiger partial charge in [-0.15, -0.1) is 0 Å². The summed E-state index contributed by atoms with van der Waals surface area (Å²) in [5.74, 6) is 0. The number of aryl methyl sites for hydroxylation is 1. The molecule has 0 unspecified atom stereocenters. The lowest BCUT2D eigenvalue weighted by atomic mass is 9.99. The molecule has 2 aromatic carbocycles. The van der Waals surface area contributed by atoms with Gasteiger partial charge in [0.25, 0.3) is 0 Å². The monoisotopic (exact) mass is 347 g/mol. The van der Waals surface area contributed by atoms with Crippen molar-refractivity contribution in [1.82, 2.24) is 9.88 Å². The Morgan fingerprint density at radius 2 is 1.92 bits per heavy atom. The molecule has 0 radical (unpaired) electrons. The van der Waals surface area contributed by atoms with Crippen LogP contribution in [0.1, 0.15) is 17.5 Å². The third-order valence-electron chi connectivity index (χ3n) is 4.73. The fourth-order valence-electron chi connectivity index (χ4n) is 3.27. The number of anilines is 1. The van der Waals surface area contributed by atoms with Gasteiger partial charge in [0.05, 0.1) is 0 Å². The minimum Gasteiger partial charge on any atom is -0.361 e. The van der Waals surface area contributed by atoms with Crippen molar-refractivity contribution in [3.8, 4) is 0 Å². The maximum Gasteiger partial charge on any atom is 0.173 e. The van der Waals surface area contributed by atoms with Crippen LogP contribution in [0.3, 0.4) is 0 Å². The predicted octanol–water partition coefficient (Wildman–Crippen LogP) is 4.96. The largest absolute Gasteiger partial charge is 0.361 e. The van der Waals surface area contributed by atoms with Crippen molar-refractivity contribution in [3.63, 3.8) is 0 Å². The second-order valence-corrected chi connectivity index (χ2v) is 6.86. The summed E-state index contributed by atoms with van der Waals surface area (Å²) >= 11 is 5.58. The number of H-pyrrole nitrogens is 1. The van der Waals surface area contributed by atoms with E-state index in [0.717, 1.165) is 30.3 Å². The third-order valence-corrected chi connectivity index (χ3v) is 5.09. The topological polar surface area (TPSA) is 31.1 Å². The highest BCUT2D eigenvalue weighted by atomic mass is 32.1. The van der Waals surface area contributed by atoms with Crippen LogP contribution in [-0.2, 0) is 0 Å². The van der Waals surface area contributed by atoms with Crippen molar-refractivity contribution >= 4 is 39.5 Å². The quantitative estimate of drug-likeness (QED) is 0.642. The molecule has 126 valence electrons. The van der Waals surface area contributed by atoms with Crippen LogP contribution >= 0.6 is 12.2 Å². The second kappa shape index (κ2) is 6.73. The molecule has 1 aliphatic heterocycles. The van der Waals surface area contributed by atoms with Gasteiger partial charge in [0.1, 0.15) is 0 Å². The molecule has 25 heavy (non-hydrogen) atoms. The number of fused-ring (bicyclic) bond motifs is 1. The Morgan fingerprint density at radius 1 is 1.12 bits per heavy atom. The molecule has 0 saturated heterocycles. The number of hydrogen-bond donors (Lipinski definition) is 2. The molecule has 0 bridgehead atoms. The van der Waals surface area contributed by atoms with Gasteiger partial charge in [-0.2, -0.15) is 0 Å². The normalized spacial score (nSPS) is 14.4. The Balaban J connectivity index is 1.46. The van der Waals surface area contributed by atoms with E-state index in [1.807, 2.05) is 0 Å². The van der Waals surface area contributed by atoms with E-state index in [1.165, 1.54) is 27.6 Å². The molecule has 0 fully saturated rings. The lowest BCUT2D eigenvalue weighted by Crippen LogP contribution is -2.37. The fraction of sp³-hybridized carbons (Fsp3) is 0.190. The van der Waals surface area contributed by atoms with Crippen LogP contribution in [0.4, 0.5) is 5.69 Å². The molecule has 0 saturated carbocycles. The van der Waals surface area contributed by atoms with E-state index in [-0.39, 0.29) is 0 Å². The van der Waals surface area contributed by atoms with Crippen LogP contribution in [0.15, 0.2) is 60.8 Å². The smallest absolute Gasteiger partial charge is 0.173 e. The molecule has 0 spiro atoms. The number of thiocarbonyl (C=S) groups is 1. The molecule has 1 aliphatic rings. The van der Waals surface area contributed by atoms with Crippen LogP contribution in [-0.4, -0.2) is 28.1 Å². The zero-order valence-corrected chi connectivity index (χ0v) is 15.1. The molecule has 4 heteroatoms. The maximum absolute atomic E-state index is 5.58.